The predicted octanol–water partition coefficient (Wildman–Crippen LogP) is 4.27. The van der Waals surface area contributed by atoms with Gasteiger partial charge in [-0.05, 0) is 56.4 Å². The number of nitrogens with two attached hydrogens (primary N) is 1. The van der Waals surface area contributed by atoms with E-state index in [9.17, 15) is 27.9 Å². The molecule has 1 saturated heterocycles. The fourth-order valence-electron chi connectivity index (χ4n) is 5.61. The van der Waals surface area contributed by atoms with Crippen LogP contribution >= 0.6 is 0 Å². The van der Waals surface area contributed by atoms with Gasteiger partial charge >= 0.3 is 6.18 Å². The highest BCUT2D eigenvalue weighted by molar-refractivity contribution is 6.04. The Hall–Kier alpha value is -4.52. The van der Waals surface area contributed by atoms with Gasteiger partial charge in [-0.3, -0.25) is 14.0 Å². The molecule has 4 N–H and O–H groups in total. The van der Waals surface area contributed by atoms with Crippen LogP contribution in [-0.4, -0.2) is 59.9 Å². The summed E-state index contributed by atoms with van der Waals surface area (Å²) in [5, 5.41) is 13.0. The molecule has 1 aromatic carbocycles. The smallest absolute Gasteiger partial charge is 0.382 e. The van der Waals surface area contributed by atoms with Gasteiger partial charge in [-0.15, -0.1) is 0 Å². The van der Waals surface area contributed by atoms with Gasteiger partial charge in [0.15, 0.2) is 0 Å². The number of piperidine rings is 1. The molecule has 2 fully saturated rings. The van der Waals surface area contributed by atoms with Gasteiger partial charge in [-0.2, -0.15) is 13.2 Å². The Bertz CT molecular complexity index is 1670. The molecule has 1 aliphatic carbocycles. The summed E-state index contributed by atoms with van der Waals surface area (Å²) in [6.45, 7) is 1.00. The summed E-state index contributed by atoms with van der Waals surface area (Å²) in [4.78, 5) is 40.5. The Kier molecular flexibility index (Phi) is 6.84. The molecule has 42 heavy (non-hydrogen) atoms. The molecule has 6 rings (SSSR count). The van der Waals surface area contributed by atoms with E-state index in [0.29, 0.717) is 48.5 Å². The number of hydrogen-bond donors (Lipinski definition) is 3. The second kappa shape index (κ2) is 10.4. The molecule has 2 amide bonds. The lowest BCUT2D eigenvalue weighted by molar-refractivity contribution is -0.161. The van der Waals surface area contributed by atoms with Crippen LogP contribution in [0.4, 0.5) is 24.8 Å². The quantitative estimate of drug-likeness (QED) is 0.321. The Labute approximate surface area is 238 Å². The molecule has 1 aliphatic heterocycles. The number of nitrogens with one attached hydrogen (secondary N) is 1. The van der Waals surface area contributed by atoms with Crippen LogP contribution in [-0.2, 0) is 11.0 Å². The standard InChI is InChI=1S/C29H28F3N7O3/c30-29(31,32)20-8-11-34-21(15-20)36-26(40)18-6-4-17(5-7-18)22-23-24(33)35-12-14-39(23)25(37-22)19-3-1-13-38(16-19)27(41)28(42)9-2-10-28/h4-8,11-12,14-15,19,42H,1-3,9-10,13,16H2,(H2,33,35)(H,34,36,40). The third kappa shape index (κ3) is 5.04. The minimum atomic E-state index is -4.56. The first-order valence-electron chi connectivity index (χ1n) is 13.6. The largest absolute Gasteiger partial charge is 0.416 e. The van der Waals surface area contributed by atoms with Gasteiger partial charge in [0.05, 0.1) is 5.56 Å². The van der Waals surface area contributed by atoms with Crippen LogP contribution in [0.15, 0.2) is 55.0 Å². The molecule has 0 spiro atoms. The number of hydrogen-bond acceptors (Lipinski definition) is 7. The molecule has 1 atom stereocenters. The molecular formula is C29H28F3N7O3. The lowest BCUT2D eigenvalue weighted by Crippen LogP contribution is -2.55. The molecule has 3 aromatic heterocycles. The first-order chi connectivity index (χ1) is 20.0. The maximum Gasteiger partial charge on any atom is 0.416 e. The van der Waals surface area contributed by atoms with Crippen molar-refractivity contribution in [3.63, 3.8) is 0 Å². The fraction of sp³-hybridized carbons (Fsp3) is 0.345. The number of likely N-dealkylation sites (tertiary alicyclic amines) is 1. The number of anilines is 2. The van der Waals surface area contributed by atoms with Crippen molar-refractivity contribution in [2.24, 2.45) is 0 Å². The SMILES string of the molecule is Nc1nccn2c(C3CCCN(C(=O)C4(O)CCC4)C3)nc(-c3ccc(C(=O)Nc4cc(C(F)(F)F)ccn4)cc3)c12. The van der Waals surface area contributed by atoms with Crippen molar-refractivity contribution in [2.45, 2.75) is 49.8 Å². The number of aliphatic hydroxyl groups is 1. The monoisotopic (exact) mass is 579 g/mol. The molecule has 2 aliphatic rings. The average molecular weight is 580 g/mol. The molecule has 4 aromatic rings. The highest BCUT2D eigenvalue weighted by Crippen LogP contribution is 2.37. The summed E-state index contributed by atoms with van der Waals surface area (Å²) in [5.74, 6) is -0.188. The molecule has 4 heterocycles. The van der Waals surface area contributed by atoms with Crippen molar-refractivity contribution in [3.05, 3.63) is 71.9 Å². The van der Waals surface area contributed by atoms with Gasteiger partial charge in [0, 0.05) is 48.7 Å². The number of carbonyl (C=O) groups is 2. The molecule has 1 saturated carbocycles. The summed E-state index contributed by atoms with van der Waals surface area (Å²) < 4.78 is 40.9. The molecule has 0 radical (unpaired) electrons. The van der Waals surface area contributed by atoms with Crippen molar-refractivity contribution in [1.29, 1.82) is 0 Å². The van der Waals surface area contributed by atoms with Gasteiger partial charge in [0.25, 0.3) is 11.8 Å². The van der Waals surface area contributed by atoms with Crippen molar-refractivity contribution < 1.29 is 27.9 Å². The molecule has 1 unspecified atom stereocenters. The maximum absolute atomic E-state index is 13.0. The van der Waals surface area contributed by atoms with Crippen LogP contribution in [0.3, 0.4) is 0 Å². The Morgan fingerprint density at radius 3 is 2.52 bits per heavy atom. The normalized spacial score (nSPS) is 18.5. The number of halogens is 3. The number of fused-ring (bicyclic) bond motifs is 1. The average Bonchev–Trinajstić information content (AvgIpc) is 3.36. The van der Waals surface area contributed by atoms with E-state index in [1.807, 2.05) is 4.40 Å². The van der Waals surface area contributed by atoms with Crippen LogP contribution < -0.4 is 11.1 Å². The molecular weight excluding hydrogens is 551 g/mol. The summed E-state index contributed by atoms with van der Waals surface area (Å²) in [6, 6.07) is 8.03. The number of pyridine rings is 1. The maximum atomic E-state index is 13.0. The zero-order valence-electron chi connectivity index (χ0n) is 22.4. The molecule has 10 nitrogen and oxygen atoms in total. The first kappa shape index (κ1) is 27.6. The number of alkyl halides is 3. The third-order valence-corrected chi connectivity index (χ3v) is 8.01. The number of benzene rings is 1. The van der Waals surface area contributed by atoms with E-state index in [4.69, 9.17) is 10.7 Å². The lowest BCUT2D eigenvalue weighted by Gasteiger charge is -2.41. The van der Waals surface area contributed by atoms with Gasteiger partial charge < -0.3 is 21.1 Å². The number of amides is 2. The van der Waals surface area contributed by atoms with Gasteiger partial charge in [-0.1, -0.05) is 12.1 Å². The van der Waals surface area contributed by atoms with Crippen LogP contribution in [0.1, 0.15) is 59.8 Å². The minimum absolute atomic E-state index is 0.0977. The number of nitrogens with zero attached hydrogens (tertiary/aromatic N) is 5. The van der Waals surface area contributed by atoms with Gasteiger partial charge in [0.2, 0.25) is 0 Å². The molecule has 0 bridgehead atoms. The minimum Gasteiger partial charge on any atom is -0.382 e. The van der Waals surface area contributed by atoms with Crippen LogP contribution in [0.25, 0.3) is 16.8 Å². The van der Waals surface area contributed by atoms with E-state index in [-0.39, 0.29) is 29.0 Å². The zero-order chi connectivity index (χ0) is 29.6. The number of rotatable bonds is 5. The molecule has 13 heteroatoms. The Morgan fingerprint density at radius 1 is 1.07 bits per heavy atom. The Morgan fingerprint density at radius 2 is 1.83 bits per heavy atom. The van der Waals surface area contributed by atoms with Crippen molar-refractivity contribution in [2.75, 3.05) is 24.1 Å². The highest BCUT2D eigenvalue weighted by atomic mass is 19.4. The third-order valence-electron chi connectivity index (χ3n) is 8.01. The second-order valence-corrected chi connectivity index (χ2v) is 10.8. The van der Waals surface area contributed by atoms with E-state index in [2.05, 4.69) is 15.3 Å². The summed E-state index contributed by atoms with van der Waals surface area (Å²) >= 11 is 0. The first-order valence-corrected chi connectivity index (χ1v) is 13.6. The molecule has 218 valence electrons. The van der Waals surface area contributed by atoms with Crippen molar-refractivity contribution >= 4 is 29.0 Å². The number of aromatic nitrogens is 4. The topological polar surface area (TPSA) is 139 Å². The van der Waals surface area contributed by atoms with Gasteiger partial charge in [-0.25, -0.2) is 15.0 Å². The van der Waals surface area contributed by atoms with E-state index in [1.54, 1.807) is 29.4 Å². The zero-order valence-corrected chi connectivity index (χ0v) is 22.4. The summed E-state index contributed by atoms with van der Waals surface area (Å²) in [5.41, 5.74) is 6.09. The highest BCUT2D eigenvalue weighted by Gasteiger charge is 2.45. The Balaban J connectivity index is 1.26. The fourth-order valence-corrected chi connectivity index (χ4v) is 5.61. The second-order valence-electron chi connectivity index (χ2n) is 10.8. The summed E-state index contributed by atoms with van der Waals surface area (Å²) in [6.07, 6.45) is 3.13. The van der Waals surface area contributed by atoms with Crippen LogP contribution in [0.5, 0.6) is 0 Å². The summed E-state index contributed by atoms with van der Waals surface area (Å²) in [7, 11) is 0. The lowest BCUT2D eigenvalue weighted by atomic mass is 9.78. The van der Waals surface area contributed by atoms with Crippen molar-refractivity contribution in [3.8, 4) is 11.3 Å². The van der Waals surface area contributed by atoms with Crippen LogP contribution in [0.2, 0.25) is 0 Å². The van der Waals surface area contributed by atoms with E-state index in [1.165, 1.54) is 12.1 Å². The van der Waals surface area contributed by atoms with Gasteiger partial charge in [0.1, 0.15) is 34.3 Å². The van der Waals surface area contributed by atoms with E-state index < -0.39 is 23.2 Å². The van der Waals surface area contributed by atoms with Crippen molar-refractivity contribution in [1.82, 2.24) is 24.3 Å². The number of nitrogen functional groups attached to an aromatic ring is 1. The van der Waals surface area contributed by atoms with Crippen LogP contribution in [0, 0.1) is 0 Å². The number of imidazole rings is 1. The number of carbonyl (C=O) groups excluding carboxylic acids is 2. The predicted molar refractivity (Wildman–Crippen MR) is 147 cm³/mol. The van der Waals surface area contributed by atoms with E-state index >= 15 is 0 Å². The van der Waals surface area contributed by atoms with E-state index in [0.717, 1.165) is 37.6 Å².